The standard InChI is InChI=1S/C20H22Cl2N2O2S/c1-3-13(2)23-20(26)14-7-4-5-10-18(14)24-19(25)12-27-11-15-16(21)8-6-9-17(15)22/h4-10,13H,3,11-12H2,1-2H3,(H,23,26)(H,24,25)/t13-/m0/s1. The predicted octanol–water partition coefficient (Wildman–Crippen LogP) is 5.39. The number of para-hydroxylation sites is 1. The quantitative estimate of drug-likeness (QED) is 0.596. The lowest BCUT2D eigenvalue weighted by atomic mass is 10.1. The third-order valence-electron chi connectivity index (χ3n) is 3.98. The van der Waals surface area contributed by atoms with Crippen molar-refractivity contribution < 1.29 is 9.59 Å². The van der Waals surface area contributed by atoms with Crippen LogP contribution in [-0.2, 0) is 10.5 Å². The van der Waals surface area contributed by atoms with Crippen LogP contribution in [0.25, 0.3) is 0 Å². The highest BCUT2D eigenvalue weighted by Crippen LogP contribution is 2.28. The van der Waals surface area contributed by atoms with Crippen LogP contribution in [0, 0.1) is 0 Å². The van der Waals surface area contributed by atoms with Crippen LogP contribution in [0.4, 0.5) is 5.69 Å². The van der Waals surface area contributed by atoms with E-state index in [0.29, 0.717) is 27.0 Å². The van der Waals surface area contributed by atoms with Crippen molar-refractivity contribution in [2.24, 2.45) is 0 Å². The van der Waals surface area contributed by atoms with Gasteiger partial charge in [0.2, 0.25) is 5.91 Å². The van der Waals surface area contributed by atoms with Crippen LogP contribution in [-0.4, -0.2) is 23.6 Å². The summed E-state index contributed by atoms with van der Waals surface area (Å²) >= 11 is 13.7. The molecule has 0 aliphatic rings. The Morgan fingerprint density at radius 2 is 1.74 bits per heavy atom. The first-order valence-corrected chi connectivity index (χ1v) is 10.5. The first-order valence-electron chi connectivity index (χ1n) is 8.62. The van der Waals surface area contributed by atoms with Crippen molar-refractivity contribution in [2.45, 2.75) is 32.1 Å². The molecular formula is C20H22Cl2N2O2S. The van der Waals surface area contributed by atoms with Crippen molar-refractivity contribution in [1.82, 2.24) is 5.32 Å². The zero-order valence-electron chi connectivity index (χ0n) is 15.2. The summed E-state index contributed by atoms with van der Waals surface area (Å²) in [5, 5.41) is 6.89. The van der Waals surface area contributed by atoms with Gasteiger partial charge in [-0.15, -0.1) is 11.8 Å². The minimum atomic E-state index is -0.198. The molecule has 0 fully saturated rings. The van der Waals surface area contributed by atoms with Crippen LogP contribution < -0.4 is 10.6 Å². The van der Waals surface area contributed by atoms with E-state index in [9.17, 15) is 9.59 Å². The average Bonchev–Trinajstić information content (AvgIpc) is 2.64. The number of carbonyl (C=O) groups is 2. The molecule has 144 valence electrons. The summed E-state index contributed by atoms with van der Waals surface area (Å²) in [7, 11) is 0. The molecule has 0 bridgehead atoms. The molecule has 27 heavy (non-hydrogen) atoms. The molecular weight excluding hydrogens is 403 g/mol. The fourth-order valence-corrected chi connectivity index (χ4v) is 3.86. The van der Waals surface area contributed by atoms with Crippen LogP contribution >= 0.6 is 35.0 Å². The second kappa shape index (κ2) is 10.6. The van der Waals surface area contributed by atoms with Crippen molar-refractivity contribution in [2.75, 3.05) is 11.1 Å². The van der Waals surface area contributed by atoms with Crippen LogP contribution in [0.5, 0.6) is 0 Å². The molecule has 0 saturated heterocycles. The van der Waals surface area contributed by atoms with E-state index in [1.54, 1.807) is 42.5 Å². The average molecular weight is 425 g/mol. The second-order valence-electron chi connectivity index (χ2n) is 6.07. The second-order valence-corrected chi connectivity index (χ2v) is 7.87. The van der Waals surface area contributed by atoms with E-state index in [2.05, 4.69) is 10.6 Å². The maximum absolute atomic E-state index is 12.4. The summed E-state index contributed by atoms with van der Waals surface area (Å²) in [6, 6.07) is 12.4. The van der Waals surface area contributed by atoms with Gasteiger partial charge in [0.15, 0.2) is 0 Å². The first-order chi connectivity index (χ1) is 12.9. The molecule has 2 aromatic rings. The lowest BCUT2D eigenvalue weighted by Gasteiger charge is -2.14. The maximum Gasteiger partial charge on any atom is 0.253 e. The smallest absolute Gasteiger partial charge is 0.253 e. The number of hydrogen-bond donors (Lipinski definition) is 2. The van der Waals surface area contributed by atoms with Gasteiger partial charge >= 0.3 is 0 Å². The predicted molar refractivity (Wildman–Crippen MR) is 115 cm³/mol. The first kappa shape index (κ1) is 21.6. The van der Waals surface area contributed by atoms with Crippen LogP contribution in [0.1, 0.15) is 36.2 Å². The molecule has 0 aliphatic heterocycles. The van der Waals surface area contributed by atoms with E-state index >= 15 is 0 Å². The van der Waals surface area contributed by atoms with Gasteiger partial charge in [-0.2, -0.15) is 0 Å². The van der Waals surface area contributed by atoms with Crippen molar-refractivity contribution >= 4 is 52.5 Å². The van der Waals surface area contributed by atoms with Crippen LogP contribution in [0.15, 0.2) is 42.5 Å². The molecule has 1 atom stereocenters. The van der Waals surface area contributed by atoms with Gasteiger partial charge in [0.05, 0.1) is 17.0 Å². The molecule has 0 aliphatic carbocycles. The zero-order chi connectivity index (χ0) is 19.8. The number of hydrogen-bond acceptors (Lipinski definition) is 3. The Morgan fingerprint density at radius 3 is 2.41 bits per heavy atom. The summed E-state index contributed by atoms with van der Waals surface area (Å²) in [6.45, 7) is 3.94. The Kier molecular flexibility index (Phi) is 8.48. The van der Waals surface area contributed by atoms with E-state index < -0.39 is 0 Å². The molecule has 0 aromatic heterocycles. The number of nitrogens with one attached hydrogen (secondary N) is 2. The summed E-state index contributed by atoms with van der Waals surface area (Å²) < 4.78 is 0. The normalized spacial score (nSPS) is 11.7. The fraction of sp³-hybridized carbons (Fsp3) is 0.300. The Bertz CT molecular complexity index is 794. The highest BCUT2D eigenvalue weighted by atomic mass is 35.5. The third kappa shape index (κ3) is 6.45. The van der Waals surface area contributed by atoms with E-state index in [1.165, 1.54) is 11.8 Å². The number of thioether (sulfide) groups is 1. The van der Waals surface area contributed by atoms with Gasteiger partial charge in [0.1, 0.15) is 0 Å². The maximum atomic E-state index is 12.4. The molecule has 2 aromatic carbocycles. The Labute approximate surface area is 174 Å². The van der Waals surface area contributed by atoms with Gasteiger partial charge in [0, 0.05) is 21.8 Å². The van der Waals surface area contributed by atoms with Crippen LogP contribution in [0.3, 0.4) is 0 Å². The summed E-state index contributed by atoms with van der Waals surface area (Å²) in [5.74, 6) is 0.369. The minimum Gasteiger partial charge on any atom is -0.350 e. The zero-order valence-corrected chi connectivity index (χ0v) is 17.5. The highest BCUT2D eigenvalue weighted by molar-refractivity contribution is 7.99. The Hall–Kier alpha value is -1.69. The van der Waals surface area contributed by atoms with Gasteiger partial charge in [-0.1, -0.05) is 48.3 Å². The largest absolute Gasteiger partial charge is 0.350 e. The minimum absolute atomic E-state index is 0.0668. The topological polar surface area (TPSA) is 58.2 Å². The third-order valence-corrected chi connectivity index (χ3v) is 5.64. The summed E-state index contributed by atoms with van der Waals surface area (Å²) in [6.07, 6.45) is 0.835. The molecule has 0 radical (unpaired) electrons. The fourth-order valence-electron chi connectivity index (χ4n) is 2.30. The lowest BCUT2D eigenvalue weighted by molar-refractivity contribution is -0.113. The van der Waals surface area contributed by atoms with Crippen LogP contribution in [0.2, 0.25) is 10.0 Å². The number of anilines is 1. The number of benzene rings is 2. The number of carbonyl (C=O) groups excluding carboxylic acids is 2. The molecule has 7 heteroatoms. The van der Waals surface area contributed by atoms with Gasteiger partial charge in [-0.25, -0.2) is 0 Å². The lowest BCUT2D eigenvalue weighted by Crippen LogP contribution is -2.32. The number of halogens is 2. The summed E-state index contributed by atoms with van der Waals surface area (Å²) in [5.41, 5.74) is 1.76. The monoisotopic (exact) mass is 424 g/mol. The molecule has 0 heterocycles. The number of amides is 2. The van der Waals surface area contributed by atoms with Gasteiger partial charge in [0.25, 0.3) is 5.91 Å². The van der Waals surface area contributed by atoms with Gasteiger partial charge in [-0.05, 0) is 43.2 Å². The Balaban J connectivity index is 1.95. The van der Waals surface area contributed by atoms with Crippen molar-refractivity contribution in [3.8, 4) is 0 Å². The summed E-state index contributed by atoms with van der Waals surface area (Å²) in [4.78, 5) is 24.7. The van der Waals surface area contributed by atoms with E-state index in [4.69, 9.17) is 23.2 Å². The molecule has 2 rings (SSSR count). The molecule has 0 saturated carbocycles. The van der Waals surface area contributed by atoms with Gasteiger partial charge < -0.3 is 10.6 Å². The van der Waals surface area contributed by atoms with Crippen molar-refractivity contribution in [1.29, 1.82) is 0 Å². The van der Waals surface area contributed by atoms with E-state index in [0.717, 1.165) is 12.0 Å². The molecule has 4 nitrogen and oxygen atoms in total. The van der Waals surface area contributed by atoms with E-state index in [-0.39, 0.29) is 23.6 Å². The van der Waals surface area contributed by atoms with Gasteiger partial charge in [-0.3, -0.25) is 9.59 Å². The van der Waals surface area contributed by atoms with E-state index in [1.807, 2.05) is 13.8 Å². The molecule has 2 amide bonds. The molecule has 0 spiro atoms. The highest BCUT2D eigenvalue weighted by Gasteiger charge is 2.15. The van der Waals surface area contributed by atoms with Crippen molar-refractivity contribution in [3.05, 3.63) is 63.6 Å². The Morgan fingerprint density at radius 1 is 1.07 bits per heavy atom. The SMILES string of the molecule is CC[C@H](C)NC(=O)c1ccccc1NC(=O)CSCc1c(Cl)cccc1Cl. The number of rotatable bonds is 8. The molecule has 2 N–H and O–H groups in total. The molecule has 0 unspecified atom stereocenters. The van der Waals surface area contributed by atoms with Crippen molar-refractivity contribution in [3.63, 3.8) is 0 Å².